The fourth-order valence-corrected chi connectivity index (χ4v) is 2.10. The van der Waals surface area contributed by atoms with Gasteiger partial charge in [-0.3, -0.25) is 10.1 Å². The van der Waals surface area contributed by atoms with Gasteiger partial charge in [0.05, 0.1) is 12.7 Å². The summed E-state index contributed by atoms with van der Waals surface area (Å²) >= 11 is 0. The van der Waals surface area contributed by atoms with Crippen molar-refractivity contribution in [3.05, 3.63) is 59.7 Å². The van der Waals surface area contributed by atoms with Crippen molar-refractivity contribution in [3.8, 4) is 11.5 Å². The van der Waals surface area contributed by atoms with Crippen LogP contribution < -0.4 is 14.8 Å². The number of benzene rings is 2. The van der Waals surface area contributed by atoms with Crippen LogP contribution in [0, 0.1) is 0 Å². The first-order chi connectivity index (χ1) is 9.62. The van der Waals surface area contributed by atoms with E-state index in [0.717, 1.165) is 0 Å². The van der Waals surface area contributed by atoms with Gasteiger partial charge in [-0.15, -0.1) is 0 Å². The Morgan fingerprint density at radius 2 is 1.85 bits per heavy atom. The predicted octanol–water partition coefficient (Wildman–Crippen LogP) is 1.62. The first kappa shape index (κ1) is 12.5. The van der Waals surface area contributed by atoms with Gasteiger partial charge in [-0.1, -0.05) is 12.1 Å². The van der Waals surface area contributed by atoms with Crippen LogP contribution in [-0.4, -0.2) is 18.1 Å². The summed E-state index contributed by atoms with van der Waals surface area (Å²) in [6.07, 6.45) is 0. The van der Waals surface area contributed by atoms with Gasteiger partial charge in [-0.25, -0.2) is 0 Å². The molecule has 2 N–H and O–H groups in total. The monoisotopic (exact) mass is 271 g/mol. The molecule has 0 fully saturated rings. The number of carbonyl (C=O) groups excluding carboxylic acids is 1. The smallest absolute Gasteiger partial charge is 0.320 e. The molecule has 3 rings (SSSR count). The Balaban J connectivity index is 1.99. The highest BCUT2D eigenvalue weighted by Crippen LogP contribution is 2.32. The van der Waals surface area contributed by atoms with Crippen LogP contribution in [0.25, 0.3) is 0 Å². The second kappa shape index (κ2) is 4.54. The Morgan fingerprint density at radius 1 is 1.15 bits per heavy atom. The molecular weight excluding hydrogens is 258 g/mol. The van der Waals surface area contributed by atoms with E-state index in [1.807, 2.05) is 0 Å². The zero-order valence-corrected chi connectivity index (χ0v) is 10.8. The van der Waals surface area contributed by atoms with Gasteiger partial charge in [0.25, 0.3) is 5.91 Å². The van der Waals surface area contributed by atoms with Crippen molar-refractivity contribution in [1.29, 1.82) is 0 Å². The topological polar surface area (TPSA) is 67.8 Å². The lowest BCUT2D eigenvalue weighted by molar-refractivity contribution is -0.167. The van der Waals surface area contributed by atoms with Crippen LogP contribution in [0.15, 0.2) is 48.5 Å². The van der Waals surface area contributed by atoms with Gasteiger partial charge in [-0.2, -0.15) is 0 Å². The summed E-state index contributed by atoms with van der Waals surface area (Å²) in [5.41, 5.74) is 0.812. The highest BCUT2D eigenvalue weighted by molar-refractivity contribution is 5.98. The van der Waals surface area contributed by atoms with E-state index < -0.39 is 5.91 Å². The predicted molar refractivity (Wildman–Crippen MR) is 71.4 cm³/mol. The molecule has 2 aromatic rings. The molecule has 20 heavy (non-hydrogen) atoms. The molecule has 0 aliphatic carbocycles. The Bertz CT molecular complexity index is 653. The maximum atomic E-state index is 12.0. The summed E-state index contributed by atoms with van der Waals surface area (Å²) < 4.78 is 10.6. The molecule has 102 valence electrons. The van der Waals surface area contributed by atoms with E-state index in [2.05, 4.69) is 5.32 Å². The number of hydrogen-bond donors (Lipinski definition) is 2. The van der Waals surface area contributed by atoms with Crippen LogP contribution in [0.1, 0.15) is 15.9 Å². The van der Waals surface area contributed by atoms with Gasteiger partial charge in [0.2, 0.25) is 0 Å². The molecular formula is C15H13NO4. The summed E-state index contributed by atoms with van der Waals surface area (Å²) in [4.78, 5) is 12.0. The van der Waals surface area contributed by atoms with Crippen molar-refractivity contribution >= 4 is 5.91 Å². The largest absolute Gasteiger partial charge is 0.497 e. The zero-order chi connectivity index (χ0) is 14.2. The summed E-state index contributed by atoms with van der Waals surface area (Å²) in [6, 6.07) is 13.4. The van der Waals surface area contributed by atoms with Crippen molar-refractivity contribution in [3.63, 3.8) is 0 Å². The van der Waals surface area contributed by atoms with Gasteiger partial charge in [0, 0.05) is 5.56 Å². The number of carbonyl (C=O) groups is 1. The standard InChI is InChI=1S/C15H13NO4/c1-19-11-8-6-10(7-9-11)15(18)16-14(17)12-4-2-3-5-13(12)20-15/h2-9,18H,1H3,(H,16,17). The molecule has 1 heterocycles. The first-order valence-corrected chi connectivity index (χ1v) is 6.10. The van der Waals surface area contributed by atoms with Crippen molar-refractivity contribution in [2.45, 2.75) is 5.91 Å². The van der Waals surface area contributed by atoms with Crippen molar-refractivity contribution in [2.75, 3.05) is 7.11 Å². The third kappa shape index (κ3) is 1.98. The molecule has 0 saturated heterocycles. The molecule has 0 bridgehead atoms. The number of nitrogens with one attached hydrogen (secondary N) is 1. The van der Waals surface area contributed by atoms with E-state index in [1.165, 1.54) is 0 Å². The number of para-hydroxylation sites is 1. The van der Waals surface area contributed by atoms with Crippen LogP contribution >= 0.6 is 0 Å². The molecule has 1 aliphatic heterocycles. The van der Waals surface area contributed by atoms with Crippen LogP contribution in [-0.2, 0) is 5.91 Å². The number of methoxy groups -OCH3 is 1. The maximum Gasteiger partial charge on any atom is 0.320 e. The number of aliphatic hydroxyl groups is 1. The second-order valence-electron chi connectivity index (χ2n) is 4.42. The molecule has 2 aromatic carbocycles. The molecule has 0 spiro atoms. The Kier molecular flexibility index (Phi) is 2.84. The first-order valence-electron chi connectivity index (χ1n) is 6.10. The average molecular weight is 271 g/mol. The highest BCUT2D eigenvalue weighted by Gasteiger charge is 2.39. The fourth-order valence-electron chi connectivity index (χ4n) is 2.10. The lowest BCUT2D eigenvalue weighted by Crippen LogP contribution is -2.53. The maximum absolute atomic E-state index is 12.0. The van der Waals surface area contributed by atoms with E-state index in [-0.39, 0.29) is 5.91 Å². The van der Waals surface area contributed by atoms with Crippen LogP contribution in [0.5, 0.6) is 11.5 Å². The molecule has 0 aromatic heterocycles. The minimum atomic E-state index is -1.88. The SMILES string of the molecule is COc1ccc(C2(O)NC(=O)c3ccccc3O2)cc1. The van der Waals surface area contributed by atoms with Gasteiger partial charge >= 0.3 is 5.91 Å². The molecule has 1 atom stereocenters. The van der Waals surface area contributed by atoms with Gasteiger partial charge in [-0.05, 0) is 36.4 Å². The number of rotatable bonds is 2. The highest BCUT2D eigenvalue weighted by atomic mass is 16.6. The molecule has 1 aliphatic rings. The van der Waals surface area contributed by atoms with Crippen LogP contribution in [0.3, 0.4) is 0 Å². The number of fused-ring (bicyclic) bond motifs is 1. The third-order valence-corrected chi connectivity index (χ3v) is 3.15. The lowest BCUT2D eigenvalue weighted by Gasteiger charge is -2.34. The Morgan fingerprint density at radius 3 is 2.55 bits per heavy atom. The van der Waals surface area contributed by atoms with E-state index >= 15 is 0 Å². The van der Waals surface area contributed by atoms with Gasteiger partial charge in [0.1, 0.15) is 11.5 Å². The van der Waals surface area contributed by atoms with E-state index in [4.69, 9.17) is 9.47 Å². The summed E-state index contributed by atoms with van der Waals surface area (Å²) in [7, 11) is 1.55. The number of hydrogen-bond acceptors (Lipinski definition) is 4. The summed E-state index contributed by atoms with van der Waals surface area (Å²) in [5.74, 6) is -1.27. The molecule has 5 nitrogen and oxygen atoms in total. The molecule has 1 unspecified atom stereocenters. The van der Waals surface area contributed by atoms with E-state index in [1.54, 1.807) is 55.6 Å². The van der Waals surface area contributed by atoms with Gasteiger partial charge < -0.3 is 14.6 Å². The second-order valence-corrected chi connectivity index (χ2v) is 4.42. The van der Waals surface area contributed by atoms with Crippen molar-refractivity contribution in [2.24, 2.45) is 0 Å². The third-order valence-electron chi connectivity index (χ3n) is 3.15. The minimum Gasteiger partial charge on any atom is -0.497 e. The lowest BCUT2D eigenvalue weighted by atomic mass is 10.1. The van der Waals surface area contributed by atoms with Crippen LogP contribution in [0.4, 0.5) is 0 Å². The number of ether oxygens (including phenoxy) is 2. The summed E-state index contributed by atoms with van der Waals surface area (Å²) in [6.45, 7) is 0. The molecule has 1 amide bonds. The number of amides is 1. The quantitative estimate of drug-likeness (QED) is 0.871. The zero-order valence-electron chi connectivity index (χ0n) is 10.8. The molecule has 0 radical (unpaired) electrons. The normalized spacial score (nSPS) is 20.6. The average Bonchev–Trinajstić information content (AvgIpc) is 2.47. The van der Waals surface area contributed by atoms with Gasteiger partial charge in [0.15, 0.2) is 0 Å². The fraction of sp³-hybridized carbons (Fsp3) is 0.133. The minimum absolute atomic E-state index is 0.342. The van der Waals surface area contributed by atoms with E-state index in [9.17, 15) is 9.90 Å². The van der Waals surface area contributed by atoms with E-state index in [0.29, 0.717) is 22.6 Å². The Labute approximate surface area is 115 Å². The van der Waals surface area contributed by atoms with Crippen molar-refractivity contribution < 1.29 is 19.4 Å². The Hall–Kier alpha value is -2.53. The van der Waals surface area contributed by atoms with Crippen molar-refractivity contribution in [1.82, 2.24) is 5.32 Å². The molecule has 0 saturated carbocycles. The molecule has 5 heteroatoms. The van der Waals surface area contributed by atoms with Crippen LogP contribution in [0.2, 0.25) is 0 Å². The summed E-state index contributed by atoms with van der Waals surface area (Å²) in [5, 5.41) is 13.0.